The molecule has 168 valence electrons. The fraction of sp³-hybridized carbons (Fsp3) is 0.214. The third-order valence-electron chi connectivity index (χ3n) is 5.48. The van der Waals surface area contributed by atoms with Crippen LogP contribution >= 0.6 is 11.3 Å². The van der Waals surface area contributed by atoms with E-state index in [-0.39, 0.29) is 0 Å². The molecule has 4 aromatic rings. The van der Waals surface area contributed by atoms with Crippen molar-refractivity contribution in [2.75, 3.05) is 11.9 Å². The van der Waals surface area contributed by atoms with Crippen LogP contribution in [0.5, 0.6) is 5.75 Å². The molecular weight excluding hydrogens is 428 g/mol. The van der Waals surface area contributed by atoms with Crippen LogP contribution in [-0.2, 0) is 24.4 Å². The number of hydrogen-bond acceptors (Lipinski definition) is 5. The molecule has 0 atom stereocenters. The number of aldehydes is 1. The maximum absolute atomic E-state index is 10.5. The minimum absolute atomic E-state index is 0.524. The number of ether oxygens (including phenoxy) is 1. The molecule has 0 aliphatic heterocycles. The number of rotatable bonds is 10. The van der Waals surface area contributed by atoms with E-state index in [1.165, 1.54) is 10.4 Å². The second-order valence-corrected chi connectivity index (χ2v) is 9.26. The van der Waals surface area contributed by atoms with Crippen molar-refractivity contribution in [3.8, 4) is 17.0 Å². The third-order valence-corrected chi connectivity index (χ3v) is 6.57. The van der Waals surface area contributed by atoms with Crippen molar-refractivity contribution in [3.05, 3.63) is 100 Å². The van der Waals surface area contributed by atoms with E-state index in [9.17, 15) is 4.79 Å². The number of thiazole rings is 1. The molecule has 1 heterocycles. The van der Waals surface area contributed by atoms with Gasteiger partial charge in [-0.25, -0.2) is 4.98 Å². The first-order chi connectivity index (χ1) is 16.1. The highest BCUT2D eigenvalue weighted by Gasteiger charge is 2.13. The van der Waals surface area contributed by atoms with Gasteiger partial charge in [0.05, 0.1) is 5.69 Å². The van der Waals surface area contributed by atoms with Crippen LogP contribution in [0.25, 0.3) is 11.3 Å². The minimum Gasteiger partial charge on any atom is -0.489 e. The lowest BCUT2D eigenvalue weighted by Crippen LogP contribution is -2.16. The molecule has 0 bridgehead atoms. The van der Waals surface area contributed by atoms with Crippen molar-refractivity contribution in [2.24, 2.45) is 0 Å². The first kappa shape index (κ1) is 22.7. The largest absolute Gasteiger partial charge is 0.489 e. The summed E-state index contributed by atoms with van der Waals surface area (Å²) in [5.41, 5.74) is 5.73. The summed E-state index contributed by atoms with van der Waals surface area (Å²) in [4.78, 5) is 18.8. The van der Waals surface area contributed by atoms with Crippen LogP contribution in [-0.4, -0.2) is 18.3 Å². The van der Waals surface area contributed by atoms with Gasteiger partial charge in [-0.05, 0) is 42.2 Å². The van der Waals surface area contributed by atoms with Gasteiger partial charge in [0.25, 0.3) is 0 Å². The summed E-state index contributed by atoms with van der Waals surface area (Å²) in [5, 5.41) is 1.02. The Morgan fingerprint density at radius 1 is 0.909 bits per heavy atom. The molecule has 0 aliphatic carbocycles. The molecule has 1 aromatic heterocycles. The summed E-state index contributed by atoms with van der Waals surface area (Å²) in [6.45, 7) is 3.45. The van der Waals surface area contributed by atoms with Gasteiger partial charge in [0.15, 0.2) is 5.13 Å². The maximum Gasteiger partial charge on any atom is 0.186 e. The van der Waals surface area contributed by atoms with Gasteiger partial charge in [-0.3, -0.25) is 0 Å². The van der Waals surface area contributed by atoms with E-state index in [2.05, 4.69) is 55.3 Å². The number of hydrogen-bond donors (Lipinski definition) is 0. The Kier molecular flexibility index (Phi) is 7.53. The van der Waals surface area contributed by atoms with Crippen LogP contribution in [0.2, 0.25) is 0 Å². The van der Waals surface area contributed by atoms with Crippen LogP contribution in [0.3, 0.4) is 0 Å². The molecule has 0 amide bonds. The van der Waals surface area contributed by atoms with Gasteiger partial charge < -0.3 is 14.4 Å². The molecule has 0 spiro atoms. The fourth-order valence-electron chi connectivity index (χ4n) is 3.64. The standard InChI is InChI=1S/C28H28N2O2S/c1-21-27(25-8-4-3-5-9-25)29-28(33-21)30(2)19-23-10-12-24(13-11-23)20-32-26-16-14-22(15-17-26)7-6-18-31/h3-5,8-18H,6-7,19-20H2,1-2H3. The van der Waals surface area contributed by atoms with E-state index in [0.717, 1.165) is 52.5 Å². The second kappa shape index (κ2) is 10.9. The Hall–Kier alpha value is -3.44. The predicted octanol–water partition coefficient (Wildman–Crippen LogP) is 6.47. The molecule has 0 saturated heterocycles. The molecule has 0 aliphatic rings. The zero-order valence-electron chi connectivity index (χ0n) is 19.0. The molecule has 3 aromatic carbocycles. The number of anilines is 1. The lowest BCUT2D eigenvalue weighted by atomic mass is 10.1. The Morgan fingerprint density at radius 3 is 2.27 bits per heavy atom. The van der Waals surface area contributed by atoms with Crippen LogP contribution in [0.4, 0.5) is 5.13 Å². The van der Waals surface area contributed by atoms with Crippen molar-refractivity contribution in [1.82, 2.24) is 4.98 Å². The zero-order valence-corrected chi connectivity index (χ0v) is 19.8. The summed E-state index contributed by atoms with van der Waals surface area (Å²) < 4.78 is 5.91. The summed E-state index contributed by atoms with van der Waals surface area (Å²) in [5.74, 6) is 0.835. The summed E-state index contributed by atoms with van der Waals surface area (Å²) >= 11 is 1.73. The van der Waals surface area contributed by atoms with E-state index in [0.29, 0.717) is 13.0 Å². The first-order valence-corrected chi connectivity index (χ1v) is 11.9. The Balaban J connectivity index is 1.32. The average Bonchev–Trinajstić information content (AvgIpc) is 3.25. The Morgan fingerprint density at radius 2 is 1.58 bits per heavy atom. The molecule has 0 radical (unpaired) electrons. The van der Waals surface area contributed by atoms with Gasteiger partial charge >= 0.3 is 0 Å². The molecule has 4 rings (SSSR count). The second-order valence-electron chi connectivity index (χ2n) is 8.08. The minimum atomic E-state index is 0.524. The fourth-order valence-corrected chi connectivity index (χ4v) is 4.53. The molecule has 0 unspecified atom stereocenters. The third kappa shape index (κ3) is 6.08. The Labute approximate surface area is 199 Å². The summed E-state index contributed by atoms with van der Waals surface area (Å²) in [6.07, 6.45) is 2.28. The van der Waals surface area contributed by atoms with Gasteiger partial charge in [-0.2, -0.15) is 0 Å². The molecule has 0 saturated carbocycles. The molecular formula is C28H28N2O2S. The maximum atomic E-state index is 10.5. The van der Waals surface area contributed by atoms with Crippen LogP contribution < -0.4 is 9.64 Å². The molecule has 0 N–H and O–H groups in total. The lowest BCUT2D eigenvalue weighted by molar-refractivity contribution is -0.107. The van der Waals surface area contributed by atoms with Crippen LogP contribution in [0, 0.1) is 6.92 Å². The SMILES string of the molecule is Cc1sc(N(C)Cc2ccc(COc3ccc(CCC=O)cc3)cc2)nc1-c1ccccc1. The lowest BCUT2D eigenvalue weighted by Gasteiger charge is -2.16. The normalized spacial score (nSPS) is 10.7. The van der Waals surface area contributed by atoms with E-state index in [1.54, 1.807) is 11.3 Å². The molecule has 0 fully saturated rings. The van der Waals surface area contributed by atoms with Gasteiger partial charge in [0, 0.05) is 30.5 Å². The van der Waals surface area contributed by atoms with E-state index < -0.39 is 0 Å². The van der Waals surface area contributed by atoms with Crippen LogP contribution in [0.15, 0.2) is 78.9 Å². The van der Waals surface area contributed by atoms with E-state index in [1.807, 2.05) is 42.5 Å². The van der Waals surface area contributed by atoms with Crippen molar-refractivity contribution in [1.29, 1.82) is 0 Å². The van der Waals surface area contributed by atoms with Gasteiger partial charge in [-0.15, -0.1) is 11.3 Å². The van der Waals surface area contributed by atoms with Gasteiger partial charge in [-0.1, -0.05) is 66.7 Å². The van der Waals surface area contributed by atoms with Gasteiger partial charge in [0.2, 0.25) is 0 Å². The highest BCUT2D eigenvalue weighted by Crippen LogP contribution is 2.32. The van der Waals surface area contributed by atoms with Crippen molar-refractivity contribution in [2.45, 2.75) is 32.9 Å². The van der Waals surface area contributed by atoms with Crippen molar-refractivity contribution >= 4 is 22.8 Å². The highest BCUT2D eigenvalue weighted by molar-refractivity contribution is 7.16. The molecule has 33 heavy (non-hydrogen) atoms. The average molecular weight is 457 g/mol. The van der Waals surface area contributed by atoms with Gasteiger partial charge in [0.1, 0.15) is 18.6 Å². The van der Waals surface area contributed by atoms with E-state index >= 15 is 0 Å². The van der Waals surface area contributed by atoms with Crippen molar-refractivity contribution in [3.63, 3.8) is 0 Å². The quantitative estimate of drug-likeness (QED) is 0.257. The topological polar surface area (TPSA) is 42.4 Å². The van der Waals surface area contributed by atoms with E-state index in [4.69, 9.17) is 9.72 Å². The number of benzene rings is 3. The molecule has 5 heteroatoms. The highest BCUT2D eigenvalue weighted by atomic mass is 32.1. The molecule has 4 nitrogen and oxygen atoms in total. The monoisotopic (exact) mass is 456 g/mol. The summed E-state index contributed by atoms with van der Waals surface area (Å²) in [6, 6.07) is 26.8. The number of aryl methyl sites for hydroxylation is 2. The number of nitrogens with zero attached hydrogens (tertiary/aromatic N) is 2. The Bertz CT molecular complexity index is 1170. The smallest absolute Gasteiger partial charge is 0.186 e. The summed E-state index contributed by atoms with van der Waals surface area (Å²) in [7, 11) is 2.09. The number of carbonyl (C=O) groups excluding carboxylic acids is 1. The zero-order chi connectivity index (χ0) is 23.0. The van der Waals surface area contributed by atoms with Crippen LogP contribution in [0.1, 0.15) is 28.0 Å². The number of carbonyl (C=O) groups is 1. The predicted molar refractivity (Wildman–Crippen MR) is 136 cm³/mol. The number of aromatic nitrogens is 1. The van der Waals surface area contributed by atoms with Crippen molar-refractivity contribution < 1.29 is 9.53 Å². The first-order valence-electron chi connectivity index (χ1n) is 11.1.